The molecule has 0 saturated heterocycles. The van der Waals surface area contributed by atoms with Gasteiger partial charge in [0.15, 0.2) is 0 Å². The molecule has 0 radical (unpaired) electrons. The Morgan fingerprint density at radius 3 is 2.19 bits per heavy atom. The van der Waals surface area contributed by atoms with Gasteiger partial charge in [0.1, 0.15) is 11.9 Å². The zero-order valence-corrected chi connectivity index (χ0v) is 12.6. The van der Waals surface area contributed by atoms with E-state index < -0.39 is 23.7 Å². The van der Waals surface area contributed by atoms with Gasteiger partial charge >= 0.3 is 6.18 Å². The summed E-state index contributed by atoms with van der Waals surface area (Å²) in [4.78, 5) is 0. The fourth-order valence-electron chi connectivity index (χ4n) is 1.81. The molecule has 0 heterocycles. The molecule has 2 aromatic carbocycles. The zero-order chi connectivity index (χ0) is 15.8. The van der Waals surface area contributed by atoms with E-state index in [9.17, 15) is 22.7 Å². The molecule has 2 aromatic rings. The lowest BCUT2D eigenvalue weighted by atomic mass is 9.99. The summed E-state index contributed by atoms with van der Waals surface area (Å²) in [6.45, 7) is 0. The minimum Gasteiger partial charge on any atom is -0.384 e. The Labute approximate surface area is 131 Å². The average molecular weight is 384 g/mol. The zero-order valence-electron chi connectivity index (χ0n) is 10.3. The Bertz CT molecular complexity index is 673. The van der Waals surface area contributed by atoms with Crippen molar-refractivity contribution in [1.82, 2.24) is 0 Å². The summed E-state index contributed by atoms with van der Waals surface area (Å²) in [5.74, 6) is -1.38. The minimum absolute atomic E-state index is 0.0675. The van der Waals surface area contributed by atoms with E-state index in [4.69, 9.17) is 11.6 Å². The monoisotopic (exact) mass is 382 g/mol. The maximum atomic E-state index is 13.2. The van der Waals surface area contributed by atoms with Crippen molar-refractivity contribution in [2.45, 2.75) is 12.3 Å². The van der Waals surface area contributed by atoms with Crippen LogP contribution in [-0.2, 0) is 6.18 Å². The lowest BCUT2D eigenvalue weighted by Crippen LogP contribution is -2.10. The molecule has 0 aromatic heterocycles. The highest BCUT2D eigenvalue weighted by Gasteiger charge is 2.34. The van der Waals surface area contributed by atoms with E-state index in [1.807, 2.05) is 0 Å². The fraction of sp³-hybridized carbons (Fsp3) is 0.143. The first-order valence-corrected chi connectivity index (χ1v) is 6.87. The minimum atomic E-state index is -4.82. The lowest BCUT2D eigenvalue weighted by molar-refractivity contribution is -0.140. The Kier molecular flexibility index (Phi) is 4.60. The maximum absolute atomic E-state index is 13.2. The molecular weight excluding hydrogens is 376 g/mol. The molecule has 0 aliphatic rings. The number of alkyl halides is 3. The summed E-state index contributed by atoms with van der Waals surface area (Å²) in [7, 11) is 0. The highest BCUT2D eigenvalue weighted by Crippen LogP contribution is 2.35. The van der Waals surface area contributed by atoms with Crippen LogP contribution in [-0.4, -0.2) is 5.11 Å². The first-order valence-electron chi connectivity index (χ1n) is 5.70. The van der Waals surface area contributed by atoms with Crippen LogP contribution in [0, 0.1) is 5.82 Å². The molecule has 1 nitrogen and oxygen atoms in total. The summed E-state index contributed by atoms with van der Waals surface area (Å²) in [6.07, 6.45) is -6.16. The summed E-state index contributed by atoms with van der Waals surface area (Å²) in [6, 6.07) is 6.88. The van der Waals surface area contributed by atoms with Crippen molar-refractivity contribution in [3.63, 3.8) is 0 Å². The van der Waals surface area contributed by atoms with Gasteiger partial charge in [-0.25, -0.2) is 4.39 Å². The number of benzene rings is 2. The Hall–Kier alpha value is -1.11. The Balaban J connectivity index is 2.44. The highest BCUT2D eigenvalue weighted by molar-refractivity contribution is 9.10. The van der Waals surface area contributed by atoms with Gasteiger partial charge in [-0.1, -0.05) is 23.7 Å². The number of aliphatic hydroxyl groups excluding tert-OH is 1. The quantitative estimate of drug-likeness (QED) is 0.694. The van der Waals surface area contributed by atoms with Gasteiger partial charge in [0, 0.05) is 4.47 Å². The molecule has 1 unspecified atom stereocenters. The van der Waals surface area contributed by atoms with Gasteiger partial charge in [0.25, 0.3) is 0 Å². The summed E-state index contributed by atoms with van der Waals surface area (Å²) < 4.78 is 51.8. The lowest BCUT2D eigenvalue weighted by Gasteiger charge is -2.15. The smallest absolute Gasteiger partial charge is 0.384 e. The third-order valence-electron chi connectivity index (χ3n) is 2.87. The predicted octanol–water partition coefficient (Wildman–Crippen LogP) is 5.34. The highest BCUT2D eigenvalue weighted by atomic mass is 79.9. The largest absolute Gasteiger partial charge is 0.419 e. The Morgan fingerprint density at radius 1 is 1.05 bits per heavy atom. The second kappa shape index (κ2) is 5.94. The van der Waals surface area contributed by atoms with Crippen LogP contribution in [0.5, 0.6) is 0 Å². The summed E-state index contributed by atoms with van der Waals surface area (Å²) >= 11 is 9.05. The van der Waals surface area contributed by atoms with Gasteiger partial charge in [0.05, 0.1) is 10.6 Å². The van der Waals surface area contributed by atoms with Crippen LogP contribution >= 0.6 is 27.5 Å². The fourth-order valence-corrected chi connectivity index (χ4v) is 2.24. The van der Waals surface area contributed by atoms with Crippen molar-refractivity contribution in [2.24, 2.45) is 0 Å². The van der Waals surface area contributed by atoms with E-state index in [-0.39, 0.29) is 5.56 Å². The van der Waals surface area contributed by atoms with E-state index in [2.05, 4.69) is 15.9 Å². The van der Waals surface area contributed by atoms with Gasteiger partial charge in [-0.15, -0.1) is 0 Å². The standard InChI is InChI=1S/C14H8BrClF4O/c15-10-3-1-8(6-11(10)16)13(21)7-2-4-12(17)9(5-7)14(18,19)20/h1-6,13,21H. The Morgan fingerprint density at radius 2 is 1.62 bits per heavy atom. The molecule has 2 rings (SSSR count). The number of aliphatic hydroxyl groups is 1. The molecule has 112 valence electrons. The molecule has 0 bridgehead atoms. The van der Waals surface area contributed by atoms with Crippen LogP contribution < -0.4 is 0 Å². The van der Waals surface area contributed by atoms with E-state index in [0.29, 0.717) is 27.2 Å². The number of halogens is 6. The second-order valence-corrected chi connectivity index (χ2v) is 5.57. The molecule has 0 aliphatic heterocycles. The molecular formula is C14H8BrClF4O. The van der Waals surface area contributed by atoms with Crippen molar-refractivity contribution in [3.05, 3.63) is 68.4 Å². The van der Waals surface area contributed by atoms with E-state index in [1.54, 1.807) is 6.07 Å². The van der Waals surface area contributed by atoms with Crippen LogP contribution in [0.4, 0.5) is 17.6 Å². The van der Waals surface area contributed by atoms with Crippen molar-refractivity contribution in [3.8, 4) is 0 Å². The molecule has 0 spiro atoms. The summed E-state index contributed by atoms with van der Waals surface area (Å²) in [5, 5.41) is 10.4. The number of hydrogen-bond acceptors (Lipinski definition) is 1. The molecule has 21 heavy (non-hydrogen) atoms. The van der Waals surface area contributed by atoms with Crippen LogP contribution in [0.1, 0.15) is 22.8 Å². The van der Waals surface area contributed by atoms with Crippen molar-refractivity contribution in [1.29, 1.82) is 0 Å². The molecule has 1 N–H and O–H groups in total. The molecule has 7 heteroatoms. The van der Waals surface area contributed by atoms with Crippen LogP contribution in [0.25, 0.3) is 0 Å². The van der Waals surface area contributed by atoms with Gasteiger partial charge in [0.2, 0.25) is 0 Å². The second-order valence-electron chi connectivity index (χ2n) is 4.31. The van der Waals surface area contributed by atoms with Crippen LogP contribution in [0.15, 0.2) is 40.9 Å². The first kappa shape index (κ1) is 16.3. The number of hydrogen-bond donors (Lipinski definition) is 1. The SMILES string of the molecule is OC(c1ccc(Br)c(Cl)c1)c1ccc(F)c(C(F)(F)F)c1. The van der Waals surface area contributed by atoms with E-state index in [1.165, 1.54) is 12.1 Å². The molecule has 0 aliphatic carbocycles. The molecule has 0 amide bonds. The van der Waals surface area contributed by atoms with Crippen molar-refractivity contribution >= 4 is 27.5 Å². The van der Waals surface area contributed by atoms with Crippen LogP contribution in [0.2, 0.25) is 5.02 Å². The third kappa shape index (κ3) is 3.56. The van der Waals surface area contributed by atoms with Gasteiger partial charge in [-0.3, -0.25) is 0 Å². The van der Waals surface area contributed by atoms with Gasteiger partial charge in [-0.05, 0) is 51.3 Å². The first-order chi connectivity index (χ1) is 9.70. The normalized spacial score (nSPS) is 13.3. The van der Waals surface area contributed by atoms with Gasteiger partial charge in [-0.2, -0.15) is 13.2 Å². The molecule has 1 atom stereocenters. The maximum Gasteiger partial charge on any atom is 0.419 e. The van der Waals surface area contributed by atoms with Crippen molar-refractivity contribution in [2.75, 3.05) is 0 Å². The third-order valence-corrected chi connectivity index (χ3v) is 4.10. The summed E-state index contributed by atoms with van der Waals surface area (Å²) in [5.41, 5.74) is -1.17. The van der Waals surface area contributed by atoms with Crippen LogP contribution in [0.3, 0.4) is 0 Å². The topological polar surface area (TPSA) is 20.2 Å². The molecule has 0 saturated carbocycles. The molecule has 0 fully saturated rings. The van der Waals surface area contributed by atoms with E-state index in [0.717, 1.165) is 6.07 Å². The van der Waals surface area contributed by atoms with Gasteiger partial charge < -0.3 is 5.11 Å². The van der Waals surface area contributed by atoms with Crippen molar-refractivity contribution < 1.29 is 22.7 Å². The number of rotatable bonds is 2. The predicted molar refractivity (Wildman–Crippen MR) is 74.6 cm³/mol. The van der Waals surface area contributed by atoms with E-state index >= 15 is 0 Å². The average Bonchev–Trinajstić information content (AvgIpc) is 2.40.